The summed E-state index contributed by atoms with van der Waals surface area (Å²) < 4.78 is 27.4. The van der Waals surface area contributed by atoms with Gasteiger partial charge in [0.2, 0.25) is 10.0 Å². The molecule has 1 aromatic heterocycles. The van der Waals surface area contributed by atoms with Crippen LogP contribution in [0.4, 0.5) is 0 Å². The molecule has 1 aromatic rings. The summed E-state index contributed by atoms with van der Waals surface area (Å²) in [6.45, 7) is 5.17. The molecular formula is C12H19BrN4O2S. The predicted molar refractivity (Wildman–Crippen MR) is 81.1 cm³/mol. The maximum absolute atomic E-state index is 12.1. The van der Waals surface area contributed by atoms with Crippen LogP contribution in [0.15, 0.2) is 27.8 Å². The largest absolute Gasteiger partial charge is 0.304 e. The first-order valence-corrected chi connectivity index (χ1v) is 8.76. The van der Waals surface area contributed by atoms with Crippen LogP contribution in [0.1, 0.15) is 0 Å². The van der Waals surface area contributed by atoms with Crippen molar-refractivity contribution >= 4 is 26.0 Å². The van der Waals surface area contributed by atoms with Crippen LogP contribution < -0.4 is 4.72 Å². The van der Waals surface area contributed by atoms with E-state index in [1.165, 1.54) is 6.20 Å². The third-order valence-corrected chi connectivity index (χ3v) is 5.17. The van der Waals surface area contributed by atoms with Crippen LogP contribution in [0, 0.1) is 0 Å². The van der Waals surface area contributed by atoms with Crippen LogP contribution >= 0.6 is 15.9 Å². The van der Waals surface area contributed by atoms with Gasteiger partial charge in [-0.05, 0) is 29.0 Å². The first-order valence-electron chi connectivity index (χ1n) is 6.48. The molecule has 0 atom stereocenters. The third-order valence-electron chi connectivity index (χ3n) is 3.31. The molecule has 0 unspecified atom stereocenters. The topological polar surface area (TPSA) is 65.5 Å². The van der Waals surface area contributed by atoms with Gasteiger partial charge in [0.05, 0.1) is 0 Å². The fourth-order valence-electron chi connectivity index (χ4n) is 2.03. The molecule has 1 N–H and O–H groups in total. The predicted octanol–water partition coefficient (Wildman–Crippen LogP) is 0.370. The maximum atomic E-state index is 12.1. The number of sulfonamides is 1. The van der Waals surface area contributed by atoms with E-state index < -0.39 is 10.0 Å². The lowest BCUT2D eigenvalue weighted by molar-refractivity contribution is 0.156. The molecule has 2 heterocycles. The summed E-state index contributed by atoms with van der Waals surface area (Å²) in [5, 5.41) is 0. The normalized spacial score (nSPS) is 18.3. The molecule has 0 aromatic carbocycles. The number of rotatable bonds is 5. The number of hydrogen-bond acceptors (Lipinski definition) is 5. The molecule has 0 saturated carbocycles. The van der Waals surface area contributed by atoms with E-state index in [1.54, 1.807) is 12.3 Å². The van der Waals surface area contributed by atoms with Crippen LogP contribution in [0.3, 0.4) is 0 Å². The highest BCUT2D eigenvalue weighted by atomic mass is 79.9. The Morgan fingerprint density at radius 2 is 2.00 bits per heavy atom. The molecule has 8 heteroatoms. The van der Waals surface area contributed by atoms with Crippen LogP contribution in [0.5, 0.6) is 0 Å². The zero-order chi connectivity index (χ0) is 14.6. The van der Waals surface area contributed by atoms with Gasteiger partial charge in [-0.15, -0.1) is 0 Å². The van der Waals surface area contributed by atoms with Crippen LogP contribution in [0.25, 0.3) is 0 Å². The number of halogens is 1. The Kier molecular flexibility index (Phi) is 5.50. The van der Waals surface area contributed by atoms with Crippen molar-refractivity contribution in [3.63, 3.8) is 0 Å². The van der Waals surface area contributed by atoms with Gasteiger partial charge in [0, 0.05) is 56.1 Å². The lowest BCUT2D eigenvalue weighted by atomic mass is 10.3. The number of piperazine rings is 1. The highest BCUT2D eigenvalue weighted by molar-refractivity contribution is 9.10. The number of nitrogens with zero attached hydrogens (tertiary/aromatic N) is 3. The zero-order valence-electron chi connectivity index (χ0n) is 11.4. The van der Waals surface area contributed by atoms with E-state index >= 15 is 0 Å². The van der Waals surface area contributed by atoms with E-state index in [-0.39, 0.29) is 4.90 Å². The number of nitrogens with one attached hydrogen (secondary N) is 1. The fraction of sp³-hybridized carbons (Fsp3) is 0.583. The summed E-state index contributed by atoms with van der Waals surface area (Å²) in [7, 11) is -1.38. The van der Waals surface area contributed by atoms with Crippen molar-refractivity contribution in [3.8, 4) is 0 Å². The van der Waals surface area contributed by atoms with Gasteiger partial charge in [0.25, 0.3) is 0 Å². The molecule has 1 fully saturated rings. The molecule has 0 spiro atoms. The molecule has 0 bridgehead atoms. The molecule has 0 amide bonds. The Labute approximate surface area is 128 Å². The summed E-state index contributed by atoms with van der Waals surface area (Å²) in [6, 6.07) is 1.55. The lowest BCUT2D eigenvalue weighted by Crippen LogP contribution is -2.46. The number of aromatic nitrogens is 1. The Hall–Kier alpha value is -0.540. The molecule has 6 nitrogen and oxygen atoms in total. The first-order chi connectivity index (χ1) is 9.47. The minimum atomic E-state index is -3.47. The Morgan fingerprint density at radius 1 is 1.30 bits per heavy atom. The third kappa shape index (κ3) is 4.49. The number of pyridine rings is 1. The maximum Gasteiger partial charge on any atom is 0.242 e. The number of likely N-dealkylation sites (N-methyl/N-ethyl adjacent to an activating group) is 1. The van der Waals surface area contributed by atoms with Gasteiger partial charge in [-0.3, -0.25) is 9.88 Å². The standard InChI is InChI=1S/C12H19BrN4O2S/c1-16-4-6-17(7-5-16)3-2-15-20(18,19)12-8-11(13)9-14-10-12/h8-10,15H,2-7H2,1H3. The van der Waals surface area contributed by atoms with Crippen molar-refractivity contribution in [2.75, 3.05) is 46.3 Å². The summed E-state index contributed by atoms with van der Waals surface area (Å²) in [6.07, 6.45) is 2.91. The van der Waals surface area contributed by atoms with E-state index in [0.717, 1.165) is 32.7 Å². The summed E-state index contributed by atoms with van der Waals surface area (Å²) in [5.41, 5.74) is 0. The second-order valence-electron chi connectivity index (χ2n) is 4.88. The van der Waals surface area contributed by atoms with Gasteiger partial charge < -0.3 is 4.90 Å². The van der Waals surface area contributed by atoms with E-state index in [0.29, 0.717) is 11.0 Å². The lowest BCUT2D eigenvalue weighted by Gasteiger charge is -2.32. The molecule has 1 aliphatic rings. The minimum Gasteiger partial charge on any atom is -0.304 e. The van der Waals surface area contributed by atoms with E-state index in [9.17, 15) is 8.42 Å². The van der Waals surface area contributed by atoms with Gasteiger partial charge in [0.1, 0.15) is 4.90 Å². The molecule has 20 heavy (non-hydrogen) atoms. The van der Waals surface area contributed by atoms with Crippen molar-refractivity contribution in [2.24, 2.45) is 0 Å². The molecule has 0 radical (unpaired) electrons. The Balaban J connectivity index is 1.84. The van der Waals surface area contributed by atoms with Crippen molar-refractivity contribution in [2.45, 2.75) is 4.90 Å². The molecule has 2 rings (SSSR count). The SMILES string of the molecule is CN1CCN(CCNS(=O)(=O)c2cncc(Br)c2)CC1. The first kappa shape index (κ1) is 15.8. The molecule has 1 aliphatic heterocycles. The second kappa shape index (κ2) is 6.95. The van der Waals surface area contributed by atoms with Crippen LogP contribution in [-0.2, 0) is 10.0 Å². The number of hydrogen-bond donors (Lipinski definition) is 1. The molecule has 112 valence electrons. The summed E-state index contributed by atoms with van der Waals surface area (Å²) in [4.78, 5) is 8.60. The van der Waals surface area contributed by atoms with Crippen LogP contribution in [-0.4, -0.2) is 69.5 Å². The van der Waals surface area contributed by atoms with Crippen molar-refractivity contribution < 1.29 is 8.42 Å². The zero-order valence-corrected chi connectivity index (χ0v) is 13.8. The molecular weight excluding hydrogens is 344 g/mol. The van der Waals surface area contributed by atoms with Crippen molar-refractivity contribution in [1.82, 2.24) is 19.5 Å². The van der Waals surface area contributed by atoms with E-state index in [1.807, 2.05) is 0 Å². The van der Waals surface area contributed by atoms with Gasteiger partial charge in [0.15, 0.2) is 0 Å². The van der Waals surface area contributed by atoms with E-state index in [4.69, 9.17) is 0 Å². The molecule has 1 saturated heterocycles. The van der Waals surface area contributed by atoms with Crippen LogP contribution in [0.2, 0.25) is 0 Å². The summed E-state index contributed by atoms with van der Waals surface area (Å²) >= 11 is 3.22. The summed E-state index contributed by atoms with van der Waals surface area (Å²) in [5.74, 6) is 0. The van der Waals surface area contributed by atoms with Gasteiger partial charge in [-0.2, -0.15) is 0 Å². The minimum absolute atomic E-state index is 0.185. The van der Waals surface area contributed by atoms with E-state index in [2.05, 4.69) is 42.5 Å². The monoisotopic (exact) mass is 362 g/mol. The fourth-order valence-corrected chi connectivity index (χ4v) is 3.56. The smallest absolute Gasteiger partial charge is 0.242 e. The second-order valence-corrected chi connectivity index (χ2v) is 7.56. The van der Waals surface area contributed by atoms with Crippen molar-refractivity contribution in [3.05, 3.63) is 22.9 Å². The quantitative estimate of drug-likeness (QED) is 0.819. The highest BCUT2D eigenvalue weighted by Gasteiger charge is 2.17. The van der Waals surface area contributed by atoms with Gasteiger partial charge >= 0.3 is 0 Å². The van der Waals surface area contributed by atoms with Crippen molar-refractivity contribution in [1.29, 1.82) is 0 Å². The average Bonchev–Trinajstić information content (AvgIpc) is 2.41. The Bertz CT molecular complexity index is 544. The Morgan fingerprint density at radius 3 is 2.65 bits per heavy atom. The van der Waals surface area contributed by atoms with Gasteiger partial charge in [-0.25, -0.2) is 13.1 Å². The highest BCUT2D eigenvalue weighted by Crippen LogP contribution is 2.13. The molecule has 0 aliphatic carbocycles. The average molecular weight is 363 g/mol. The van der Waals surface area contributed by atoms with Gasteiger partial charge in [-0.1, -0.05) is 0 Å².